The van der Waals surface area contributed by atoms with E-state index in [0.29, 0.717) is 23.7 Å². The Morgan fingerprint density at radius 2 is 1.77 bits per heavy atom. The first-order valence-electron chi connectivity index (χ1n) is 9.06. The van der Waals surface area contributed by atoms with Crippen molar-refractivity contribution in [2.45, 2.75) is 6.92 Å². The van der Waals surface area contributed by atoms with Gasteiger partial charge in [0.25, 0.3) is 0 Å². The fourth-order valence-electron chi connectivity index (χ4n) is 2.48. The number of carboxylic acid groups (broad SMARTS) is 1. The summed E-state index contributed by atoms with van der Waals surface area (Å²) in [5.41, 5.74) is 1.11. The Morgan fingerprint density at radius 3 is 2.43 bits per heavy atom. The van der Waals surface area contributed by atoms with Crippen molar-refractivity contribution in [3.8, 4) is 35.3 Å². The fraction of sp³-hybridized carbons (Fsp3) is 0.217. The number of ether oxygens (including phenoxy) is 4. The van der Waals surface area contributed by atoms with Crippen LogP contribution >= 0.6 is 0 Å². The van der Waals surface area contributed by atoms with Crippen molar-refractivity contribution >= 4 is 17.8 Å². The topological polar surface area (TPSA) is 91.3 Å². The van der Waals surface area contributed by atoms with E-state index < -0.39 is 12.6 Å². The second-order valence-electron chi connectivity index (χ2n) is 5.88. The normalized spacial score (nSPS) is 10.3. The molecule has 1 N–H and O–H groups in total. The smallest absolute Gasteiger partial charge is 0.341 e. The van der Waals surface area contributed by atoms with Crippen molar-refractivity contribution in [3.63, 3.8) is 0 Å². The van der Waals surface area contributed by atoms with Crippen LogP contribution in [0.2, 0.25) is 0 Å². The van der Waals surface area contributed by atoms with Gasteiger partial charge >= 0.3 is 5.97 Å². The number of aliphatic carboxylic acids is 1. The lowest BCUT2D eigenvalue weighted by molar-refractivity contribution is -0.139. The van der Waals surface area contributed by atoms with E-state index in [4.69, 9.17) is 30.5 Å². The highest BCUT2D eigenvalue weighted by atomic mass is 16.5. The summed E-state index contributed by atoms with van der Waals surface area (Å²) in [6.07, 6.45) is 8.29. The third kappa shape index (κ3) is 6.31. The maximum Gasteiger partial charge on any atom is 0.341 e. The van der Waals surface area contributed by atoms with Crippen LogP contribution in [0.4, 0.5) is 0 Å². The number of rotatable bonds is 11. The number of carbonyl (C=O) groups is 2. The highest BCUT2D eigenvalue weighted by Crippen LogP contribution is 2.30. The standard InChI is InChI=1S/C23H22O7/c1-4-12-29-20-10-7-16(13-22(20)28-5-2)6-9-18(24)17-8-11-19(21(14-17)27-3)30-15-23(25)26/h1,6-11,13-14H,5,12,15H2,2-3H3,(H,25,26)/b9-6+. The molecule has 0 radical (unpaired) electrons. The molecule has 0 fully saturated rings. The number of methoxy groups -OCH3 is 1. The lowest BCUT2D eigenvalue weighted by atomic mass is 10.1. The molecular weight excluding hydrogens is 388 g/mol. The van der Waals surface area contributed by atoms with E-state index >= 15 is 0 Å². The van der Waals surface area contributed by atoms with Gasteiger partial charge in [-0.2, -0.15) is 0 Å². The van der Waals surface area contributed by atoms with E-state index in [2.05, 4.69) is 5.92 Å². The van der Waals surface area contributed by atoms with Gasteiger partial charge in [-0.25, -0.2) is 4.79 Å². The first-order chi connectivity index (χ1) is 14.5. The molecule has 0 atom stereocenters. The predicted octanol–water partition coefficient (Wildman–Crippen LogP) is 3.47. The third-order valence-corrected chi connectivity index (χ3v) is 3.81. The minimum Gasteiger partial charge on any atom is -0.493 e. The minimum absolute atomic E-state index is 0.127. The average molecular weight is 410 g/mol. The average Bonchev–Trinajstić information content (AvgIpc) is 2.75. The Hall–Kier alpha value is -3.92. The van der Waals surface area contributed by atoms with E-state index in [-0.39, 0.29) is 23.9 Å². The van der Waals surface area contributed by atoms with E-state index in [0.717, 1.165) is 5.56 Å². The minimum atomic E-state index is -1.11. The van der Waals surface area contributed by atoms with Gasteiger partial charge in [-0.1, -0.05) is 18.1 Å². The molecular formula is C23H22O7. The molecule has 156 valence electrons. The molecule has 2 aromatic rings. The number of benzene rings is 2. The molecule has 0 aromatic heterocycles. The summed E-state index contributed by atoms with van der Waals surface area (Å²) >= 11 is 0. The number of carboxylic acids is 1. The second-order valence-corrected chi connectivity index (χ2v) is 5.88. The van der Waals surface area contributed by atoms with Crippen molar-refractivity contribution < 1.29 is 33.6 Å². The highest BCUT2D eigenvalue weighted by Gasteiger charge is 2.11. The van der Waals surface area contributed by atoms with Gasteiger partial charge in [0.1, 0.15) is 6.61 Å². The van der Waals surface area contributed by atoms with Crippen molar-refractivity contribution in [1.29, 1.82) is 0 Å². The van der Waals surface area contributed by atoms with Crippen LogP contribution in [0, 0.1) is 12.3 Å². The fourth-order valence-corrected chi connectivity index (χ4v) is 2.48. The highest BCUT2D eigenvalue weighted by molar-refractivity contribution is 6.07. The Balaban J connectivity index is 2.17. The maximum absolute atomic E-state index is 12.5. The SMILES string of the molecule is C#CCOc1ccc(/C=C/C(=O)c2ccc(OCC(=O)O)c(OC)c2)cc1OCC. The van der Waals surface area contributed by atoms with Crippen molar-refractivity contribution in [1.82, 2.24) is 0 Å². The number of hydrogen-bond acceptors (Lipinski definition) is 6. The maximum atomic E-state index is 12.5. The van der Waals surface area contributed by atoms with Gasteiger partial charge in [0.15, 0.2) is 35.4 Å². The van der Waals surface area contributed by atoms with Crippen LogP contribution in [0.1, 0.15) is 22.8 Å². The van der Waals surface area contributed by atoms with Gasteiger partial charge in [-0.15, -0.1) is 6.42 Å². The van der Waals surface area contributed by atoms with Crippen LogP contribution in [0.15, 0.2) is 42.5 Å². The van der Waals surface area contributed by atoms with Crippen molar-refractivity contribution in [3.05, 3.63) is 53.6 Å². The molecule has 2 aromatic carbocycles. The third-order valence-electron chi connectivity index (χ3n) is 3.81. The number of hydrogen-bond donors (Lipinski definition) is 1. The van der Waals surface area contributed by atoms with Gasteiger partial charge < -0.3 is 24.1 Å². The Labute approximate surface area is 174 Å². The van der Waals surface area contributed by atoms with Gasteiger partial charge in [-0.05, 0) is 48.9 Å². The number of ketones is 1. The zero-order valence-electron chi connectivity index (χ0n) is 16.7. The zero-order valence-corrected chi connectivity index (χ0v) is 16.7. The molecule has 0 aliphatic carbocycles. The van der Waals surface area contributed by atoms with Crippen LogP contribution in [0.3, 0.4) is 0 Å². The van der Waals surface area contributed by atoms with Crippen LogP contribution < -0.4 is 18.9 Å². The van der Waals surface area contributed by atoms with Crippen molar-refractivity contribution in [2.75, 3.05) is 26.9 Å². The van der Waals surface area contributed by atoms with Crippen LogP contribution in [0.5, 0.6) is 23.0 Å². The van der Waals surface area contributed by atoms with Gasteiger partial charge in [0.2, 0.25) is 0 Å². The first-order valence-corrected chi connectivity index (χ1v) is 9.06. The molecule has 0 unspecified atom stereocenters. The lowest BCUT2D eigenvalue weighted by Gasteiger charge is -2.11. The van der Waals surface area contributed by atoms with E-state index in [9.17, 15) is 9.59 Å². The molecule has 2 rings (SSSR count). The molecule has 7 nitrogen and oxygen atoms in total. The molecule has 0 heterocycles. The Kier molecular flexibility index (Phi) is 8.33. The van der Waals surface area contributed by atoms with E-state index in [1.165, 1.54) is 31.4 Å². The molecule has 0 bridgehead atoms. The van der Waals surface area contributed by atoms with Crippen LogP contribution in [-0.4, -0.2) is 43.8 Å². The summed E-state index contributed by atoms with van der Waals surface area (Å²) in [6.45, 7) is 1.93. The first kappa shape index (κ1) is 22.4. The molecule has 0 amide bonds. The van der Waals surface area contributed by atoms with Crippen LogP contribution in [0.25, 0.3) is 6.08 Å². The predicted molar refractivity (Wildman–Crippen MR) is 111 cm³/mol. The van der Waals surface area contributed by atoms with E-state index in [1.54, 1.807) is 24.3 Å². The number of terminal acetylenes is 1. The largest absolute Gasteiger partial charge is 0.493 e. The summed E-state index contributed by atoms with van der Waals surface area (Å²) in [5, 5.41) is 8.72. The summed E-state index contributed by atoms with van der Waals surface area (Å²) in [4.78, 5) is 23.2. The molecule has 0 saturated carbocycles. The Bertz CT molecular complexity index is 970. The zero-order chi connectivity index (χ0) is 21.9. The summed E-state index contributed by atoms with van der Waals surface area (Å²) in [5.74, 6) is 2.60. The second kappa shape index (κ2) is 11.2. The molecule has 0 aliphatic heterocycles. The van der Waals surface area contributed by atoms with Crippen LogP contribution in [-0.2, 0) is 4.79 Å². The molecule has 0 aliphatic rings. The molecule has 7 heteroatoms. The number of carbonyl (C=O) groups excluding carboxylic acids is 1. The van der Waals surface area contributed by atoms with E-state index in [1.807, 2.05) is 6.92 Å². The number of allylic oxidation sites excluding steroid dienone is 1. The van der Waals surface area contributed by atoms with Gasteiger partial charge in [0.05, 0.1) is 13.7 Å². The Morgan fingerprint density at radius 1 is 1.03 bits per heavy atom. The summed E-state index contributed by atoms with van der Waals surface area (Å²) in [6, 6.07) is 9.78. The lowest BCUT2D eigenvalue weighted by Crippen LogP contribution is -2.10. The van der Waals surface area contributed by atoms with Gasteiger partial charge in [-0.3, -0.25) is 4.79 Å². The molecule has 0 spiro atoms. The summed E-state index contributed by atoms with van der Waals surface area (Å²) < 4.78 is 21.3. The molecule has 30 heavy (non-hydrogen) atoms. The van der Waals surface area contributed by atoms with Crippen molar-refractivity contribution in [2.24, 2.45) is 0 Å². The molecule has 0 saturated heterocycles. The summed E-state index contributed by atoms with van der Waals surface area (Å²) in [7, 11) is 1.41. The monoisotopic (exact) mass is 410 g/mol. The quantitative estimate of drug-likeness (QED) is 0.345. The van der Waals surface area contributed by atoms with Gasteiger partial charge in [0, 0.05) is 5.56 Å².